The van der Waals surface area contributed by atoms with Gasteiger partial charge in [0.15, 0.2) is 0 Å². The predicted molar refractivity (Wildman–Crippen MR) is 69.6 cm³/mol. The third-order valence-corrected chi connectivity index (χ3v) is 2.60. The van der Waals surface area contributed by atoms with Crippen LogP contribution >= 0.6 is 11.6 Å². The fourth-order valence-electron chi connectivity index (χ4n) is 1.51. The van der Waals surface area contributed by atoms with E-state index in [9.17, 15) is 4.79 Å². The summed E-state index contributed by atoms with van der Waals surface area (Å²) in [4.78, 5) is 11.1. The van der Waals surface area contributed by atoms with Crippen molar-refractivity contribution in [2.24, 2.45) is 0 Å². The Kier molecular flexibility index (Phi) is 3.69. The SMILES string of the molecule is N#Cc1cccc(Oc2cc(Cl)ccc2C(=O)O)c1. The van der Waals surface area contributed by atoms with E-state index in [1.165, 1.54) is 24.3 Å². The molecule has 0 saturated carbocycles. The highest BCUT2D eigenvalue weighted by atomic mass is 35.5. The molecule has 4 nitrogen and oxygen atoms in total. The summed E-state index contributed by atoms with van der Waals surface area (Å²) >= 11 is 5.82. The number of hydrogen-bond donors (Lipinski definition) is 1. The topological polar surface area (TPSA) is 70.3 Å². The third-order valence-electron chi connectivity index (χ3n) is 2.37. The Morgan fingerprint density at radius 1 is 1.26 bits per heavy atom. The van der Waals surface area contributed by atoms with E-state index in [0.29, 0.717) is 16.3 Å². The van der Waals surface area contributed by atoms with E-state index in [2.05, 4.69) is 0 Å². The third kappa shape index (κ3) is 3.03. The van der Waals surface area contributed by atoms with Gasteiger partial charge in [0, 0.05) is 11.1 Å². The van der Waals surface area contributed by atoms with Crippen molar-refractivity contribution in [3.05, 3.63) is 58.6 Å². The molecular formula is C14H8ClNO3. The molecule has 2 aromatic carbocycles. The van der Waals surface area contributed by atoms with E-state index >= 15 is 0 Å². The van der Waals surface area contributed by atoms with E-state index in [0.717, 1.165) is 0 Å². The Morgan fingerprint density at radius 3 is 2.74 bits per heavy atom. The molecule has 0 aliphatic carbocycles. The Labute approximate surface area is 114 Å². The van der Waals surface area contributed by atoms with E-state index < -0.39 is 5.97 Å². The van der Waals surface area contributed by atoms with Gasteiger partial charge in [-0.1, -0.05) is 17.7 Å². The largest absolute Gasteiger partial charge is 0.478 e. The van der Waals surface area contributed by atoms with Crippen molar-refractivity contribution in [2.75, 3.05) is 0 Å². The Morgan fingerprint density at radius 2 is 2.05 bits per heavy atom. The Bertz CT molecular complexity index is 677. The summed E-state index contributed by atoms with van der Waals surface area (Å²) in [5.74, 6) is -0.595. The molecule has 0 bridgehead atoms. The van der Waals surface area contributed by atoms with Gasteiger partial charge >= 0.3 is 5.97 Å². The molecule has 1 N–H and O–H groups in total. The van der Waals surface area contributed by atoms with Gasteiger partial charge in [0.25, 0.3) is 0 Å². The minimum absolute atomic E-state index is 0.00626. The molecule has 5 heteroatoms. The predicted octanol–water partition coefficient (Wildman–Crippen LogP) is 3.70. The number of aromatic carboxylic acids is 1. The highest BCUT2D eigenvalue weighted by molar-refractivity contribution is 6.30. The fraction of sp³-hybridized carbons (Fsp3) is 0. The number of carbonyl (C=O) groups is 1. The molecular weight excluding hydrogens is 266 g/mol. The molecule has 0 aliphatic heterocycles. The van der Waals surface area contributed by atoms with Crippen molar-refractivity contribution in [2.45, 2.75) is 0 Å². The monoisotopic (exact) mass is 273 g/mol. The second-order valence-corrected chi connectivity index (χ2v) is 4.12. The van der Waals surface area contributed by atoms with E-state index in [-0.39, 0.29) is 11.3 Å². The van der Waals surface area contributed by atoms with Crippen molar-refractivity contribution in [1.82, 2.24) is 0 Å². The van der Waals surface area contributed by atoms with Gasteiger partial charge in [0.2, 0.25) is 0 Å². The summed E-state index contributed by atoms with van der Waals surface area (Å²) in [7, 11) is 0. The smallest absolute Gasteiger partial charge is 0.339 e. The highest BCUT2D eigenvalue weighted by Crippen LogP contribution is 2.28. The van der Waals surface area contributed by atoms with E-state index in [1.54, 1.807) is 18.2 Å². The van der Waals surface area contributed by atoms with Gasteiger partial charge in [-0.3, -0.25) is 0 Å². The summed E-state index contributed by atoms with van der Waals surface area (Å²) in [6.07, 6.45) is 0. The van der Waals surface area contributed by atoms with Crippen molar-refractivity contribution in [3.63, 3.8) is 0 Å². The van der Waals surface area contributed by atoms with Gasteiger partial charge in [-0.15, -0.1) is 0 Å². The molecule has 19 heavy (non-hydrogen) atoms. The van der Waals surface area contributed by atoms with Crippen molar-refractivity contribution in [3.8, 4) is 17.6 Å². The number of nitrogens with zero attached hydrogens (tertiary/aromatic N) is 1. The summed E-state index contributed by atoms with van der Waals surface area (Å²) in [6.45, 7) is 0. The number of ether oxygens (including phenoxy) is 1. The lowest BCUT2D eigenvalue weighted by atomic mass is 10.2. The number of carboxylic acid groups (broad SMARTS) is 1. The fourth-order valence-corrected chi connectivity index (χ4v) is 1.68. The first kappa shape index (κ1) is 12.9. The molecule has 0 spiro atoms. The normalized spacial score (nSPS) is 9.68. The van der Waals surface area contributed by atoms with Crippen LogP contribution in [0.4, 0.5) is 0 Å². The summed E-state index contributed by atoms with van der Waals surface area (Å²) in [5.41, 5.74) is 0.433. The van der Waals surface area contributed by atoms with Crippen LogP contribution in [-0.4, -0.2) is 11.1 Å². The summed E-state index contributed by atoms with van der Waals surface area (Å²) < 4.78 is 5.48. The van der Waals surface area contributed by atoms with Crippen LogP contribution in [0.5, 0.6) is 11.5 Å². The number of carboxylic acids is 1. The van der Waals surface area contributed by atoms with Crippen molar-refractivity contribution >= 4 is 17.6 Å². The van der Waals surface area contributed by atoms with Crippen LogP contribution in [0.3, 0.4) is 0 Å². The van der Waals surface area contributed by atoms with Crippen LogP contribution < -0.4 is 4.74 Å². The van der Waals surface area contributed by atoms with Crippen LogP contribution in [0, 0.1) is 11.3 Å². The molecule has 0 saturated heterocycles. The Hall–Kier alpha value is -2.51. The molecule has 0 radical (unpaired) electrons. The number of nitriles is 1. The molecule has 0 fully saturated rings. The zero-order chi connectivity index (χ0) is 13.8. The summed E-state index contributed by atoms with van der Waals surface area (Å²) in [5, 5.41) is 18.2. The minimum atomic E-state index is -1.11. The van der Waals surface area contributed by atoms with Gasteiger partial charge in [-0.2, -0.15) is 5.26 Å². The molecule has 2 aromatic rings. The average molecular weight is 274 g/mol. The maximum atomic E-state index is 11.1. The zero-order valence-electron chi connectivity index (χ0n) is 9.63. The van der Waals surface area contributed by atoms with Gasteiger partial charge in [-0.25, -0.2) is 4.79 Å². The average Bonchev–Trinajstić information content (AvgIpc) is 2.38. The van der Waals surface area contributed by atoms with E-state index in [4.69, 9.17) is 26.7 Å². The lowest BCUT2D eigenvalue weighted by Gasteiger charge is -2.09. The molecule has 0 heterocycles. The molecule has 0 aliphatic rings. The number of rotatable bonds is 3. The maximum Gasteiger partial charge on any atom is 0.339 e. The molecule has 0 aromatic heterocycles. The molecule has 94 valence electrons. The van der Waals surface area contributed by atoms with Gasteiger partial charge in [-0.05, 0) is 30.3 Å². The first-order valence-corrected chi connectivity index (χ1v) is 5.69. The van der Waals surface area contributed by atoms with Crippen LogP contribution in [0.1, 0.15) is 15.9 Å². The number of halogens is 1. The standard InChI is InChI=1S/C14H8ClNO3/c15-10-4-5-12(14(17)18)13(7-10)19-11-3-1-2-9(6-11)8-16/h1-7H,(H,17,18). The minimum Gasteiger partial charge on any atom is -0.478 e. The molecule has 0 atom stereocenters. The van der Waals surface area contributed by atoms with Crippen LogP contribution in [0.25, 0.3) is 0 Å². The Balaban J connectivity index is 2.40. The van der Waals surface area contributed by atoms with Gasteiger partial charge in [0.05, 0.1) is 11.6 Å². The quantitative estimate of drug-likeness (QED) is 0.925. The van der Waals surface area contributed by atoms with Gasteiger partial charge in [0.1, 0.15) is 17.1 Å². The lowest BCUT2D eigenvalue weighted by molar-refractivity contribution is 0.0694. The zero-order valence-corrected chi connectivity index (χ0v) is 10.4. The van der Waals surface area contributed by atoms with Gasteiger partial charge < -0.3 is 9.84 Å². The van der Waals surface area contributed by atoms with E-state index in [1.807, 2.05) is 6.07 Å². The number of hydrogen-bond acceptors (Lipinski definition) is 3. The lowest BCUT2D eigenvalue weighted by Crippen LogP contribution is -1.99. The second-order valence-electron chi connectivity index (χ2n) is 3.69. The maximum absolute atomic E-state index is 11.1. The van der Waals surface area contributed by atoms with Crippen molar-refractivity contribution < 1.29 is 14.6 Å². The van der Waals surface area contributed by atoms with Crippen LogP contribution in [-0.2, 0) is 0 Å². The first-order valence-electron chi connectivity index (χ1n) is 5.31. The first-order chi connectivity index (χ1) is 9.10. The molecule has 0 unspecified atom stereocenters. The number of benzene rings is 2. The van der Waals surface area contributed by atoms with Crippen LogP contribution in [0.2, 0.25) is 5.02 Å². The van der Waals surface area contributed by atoms with Crippen molar-refractivity contribution in [1.29, 1.82) is 5.26 Å². The molecule has 0 amide bonds. The summed E-state index contributed by atoms with van der Waals surface area (Å²) in [6, 6.07) is 12.7. The second kappa shape index (κ2) is 5.42. The highest BCUT2D eigenvalue weighted by Gasteiger charge is 2.12. The van der Waals surface area contributed by atoms with Crippen LogP contribution in [0.15, 0.2) is 42.5 Å². The molecule has 2 rings (SSSR count).